The SMILES string of the molecule is COC(=O)C(C)(C)CCCOc1cc(OCCCC(C)(C)C(=O)OC)c(C(C)(C)C)cc1C(C)(C)C. The smallest absolute Gasteiger partial charge is 0.311 e. The lowest BCUT2D eigenvalue weighted by Crippen LogP contribution is -2.26. The zero-order chi connectivity index (χ0) is 27.9. The number of benzene rings is 1. The van der Waals surface area contributed by atoms with E-state index in [1.807, 2.05) is 33.8 Å². The summed E-state index contributed by atoms with van der Waals surface area (Å²) < 4.78 is 22.4. The van der Waals surface area contributed by atoms with Gasteiger partial charge in [0.1, 0.15) is 11.5 Å². The lowest BCUT2D eigenvalue weighted by molar-refractivity contribution is -0.152. The van der Waals surface area contributed by atoms with E-state index in [1.165, 1.54) is 14.2 Å². The summed E-state index contributed by atoms with van der Waals surface area (Å²) in [5.41, 5.74) is 0.909. The molecule has 0 fully saturated rings. The van der Waals surface area contributed by atoms with E-state index in [0.717, 1.165) is 35.5 Å². The number of hydrogen-bond acceptors (Lipinski definition) is 6. The van der Waals surface area contributed by atoms with Gasteiger partial charge in [-0.3, -0.25) is 9.59 Å². The van der Waals surface area contributed by atoms with Crippen molar-refractivity contribution in [1.82, 2.24) is 0 Å². The van der Waals surface area contributed by atoms with Crippen LogP contribution in [0.25, 0.3) is 0 Å². The van der Waals surface area contributed by atoms with E-state index in [1.54, 1.807) is 0 Å². The predicted octanol–water partition coefficient (Wildman–Crippen LogP) is 7.00. The van der Waals surface area contributed by atoms with Gasteiger partial charge in [0.2, 0.25) is 0 Å². The molecular weight excluding hydrogens is 456 g/mol. The summed E-state index contributed by atoms with van der Waals surface area (Å²) in [5.74, 6) is 1.18. The first-order valence-corrected chi connectivity index (χ1v) is 13.0. The van der Waals surface area contributed by atoms with Crippen molar-refractivity contribution in [3.8, 4) is 11.5 Å². The van der Waals surface area contributed by atoms with E-state index in [0.29, 0.717) is 26.1 Å². The molecule has 0 spiro atoms. The van der Waals surface area contributed by atoms with E-state index >= 15 is 0 Å². The molecule has 0 saturated carbocycles. The first kappa shape index (κ1) is 31.8. The van der Waals surface area contributed by atoms with Gasteiger partial charge < -0.3 is 18.9 Å². The van der Waals surface area contributed by atoms with Crippen LogP contribution >= 0.6 is 0 Å². The van der Waals surface area contributed by atoms with Gasteiger partial charge in [-0.1, -0.05) is 41.5 Å². The summed E-state index contributed by atoms with van der Waals surface area (Å²) >= 11 is 0. The minimum atomic E-state index is -0.548. The van der Waals surface area contributed by atoms with E-state index in [2.05, 4.69) is 47.6 Å². The van der Waals surface area contributed by atoms with Crippen molar-refractivity contribution in [3.05, 3.63) is 23.3 Å². The Balaban J connectivity index is 3.12. The van der Waals surface area contributed by atoms with Crippen LogP contribution in [-0.4, -0.2) is 39.4 Å². The fourth-order valence-corrected chi connectivity index (χ4v) is 4.12. The third-order valence-electron chi connectivity index (χ3n) is 6.58. The number of hydrogen-bond donors (Lipinski definition) is 0. The standard InChI is InChI=1S/C30H50O6/c1-27(2,3)21-19-22(28(4,5)6)24(36-18-14-16-30(9,10)26(32)34-12)20-23(21)35-17-13-15-29(7,8)25(31)33-11/h19-20H,13-18H2,1-12H3. The maximum atomic E-state index is 12.0. The number of rotatable bonds is 12. The molecular formula is C30H50O6. The quantitative estimate of drug-likeness (QED) is 0.225. The van der Waals surface area contributed by atoms with Gasteiger partial charge >= 0.3 is 11.9 Å². The molecule has 0 aliphatic heterocycles. The highest BCUT2D eigenvalue weighted by Gasteiger charge is 2.30. The Morgan fingerprint density at radius 3 is 1.22 bits per heavy atom. The van der Waals surface area contributed by atoms with E-state index in [4.69, 9.17) is 18.9 Å². The van der Waals surface area contributed by atoms with Crippen LogP contribution in [0.3, 0.4) is 0 Å². The first-order chi connectivity index (χ1) is 16.4. The molecule has 6 nitrogen and oxygen atoms in total. The number of ether oxygens (including phenoxy) is 4. The molecule has 0 atom stereocenters. The molecule has 0 N–H and O–H groups in total. The Hall–Kier alpha value is -2.24. The van der Waals surface area contributed by atoms with Crippen LogP contribution in [0.15, 0.2) is 12.1 Å². The average Bonchev–Trinajstić information content (AvgIpc) is 2.76. The lowest BCUT2D eigenvalue weighted by Gasteiger charge is -2.30. The van der Waals surface area contributed by atoms with E-state index in [-0.39, 0.29) is 22.8 Å². The van der Waals surface area contributed by atoms with Crippen LogP contribution in [0.4, 0.5) is 0 Å². The molecule has 0 aliphatic rings. The summed E-state index contributed by atoms with van der Waals surface area (Å²) in [7, 11) is 2.84. The molecule has 0 radical (unpaired) electrons. The number of esters is 2. The van der Waals surface area contributed by atoms with Crippen LogP contribution in [0, 0.1) is 10.8 Å². The monoisotopic (exact) mass is 506 g/mol. The molecule has 36 heavy (non-hydrogen) atoms. The maximum absolute atomic E-state index is 12.0. The number of carbonyl (C=O) groups excluding carboxylic acids is 2. The van der Waals surface area contributed by atoms with Gasteiger partial charge in [0.05, 0.1) is 38.3 Å². The van der Waals surface area contributed by atoms with Gasteiger partial charge in [0.15, 0.2) is 0 Å². The Morgan fingerprint density at radius 1 is 0.611 bits per heavy atom. The van der Waals surface area contributed by atoms with Crippen molar-refractivity contribution in [1.29, 1.82) is 0 Å². The second-order valence-electron chi connectivity index (χ2n) is 13.0. The summed E-state index contributed by atoms with van der Waals surface area (Å²) in [5, 5.41) is 0. The van der Waals surface area contributed by atoms with Crippen molar-refractivity contribution in [3.63, 3.8) is 0 Å². The van der Waals surface area contributed by atoms with Crippen LogP contribution in [0.2, 0.25) is 0 Å². The van der Waals surface area contributed by atoms with Crippen molar-refractivity contribution in [2.24, 2.45) is 10.8 Å². The van der Waals surface area contributed by atoms with Crippen molar-refractivity contribution in [2.75, 3.05) is 27.4 Å². The Kier molecular flexibility index (Phi) is 10.9. The van der Waals surface area contributed by atoms with Crippen molar-refractivity contribution >= 4 is 11.9 Å². The molecule has 0 saturated heterocycles. The van der Waals surface area contributed by atoms with Gasteiger partial charge in [-0.05, 0) is 70.3 Å². The van der Waals surface area contributed by atoms with Crippen molar-refractivity contribution < 1.29 is 28.5 Å². The zero-order valence-corrected chi connectivity index (χ0v) is 24.8. The van der Waals surface area contributed by atoms with Gasteiger partial charge in [-0.2, -0.15) is 0 Å². The van der Waals surface area contributed by atoms with Crippen LogP contribution in [0.1, 0.15) is 106 Å². The Morgan fingerprint density at radius 2 is 0.944 bits per heavy atom. The summed E-state index contributed by atoms with van der Waals surface area (Å²) in [6.07, 6.45) is 2.80. The first-order valence-electron chi connectivity index (χ1n) is 13.0. The van der Waals surface area contributed by atoms with E-state index < -0.39 is 10.8 Å². The molecule has 1 aromatic rings. The minimum absolute atomic E-state index is 0.121. The molecule has 206 valence electrons. The predicted molar refractivity (Wildman–Crippen MR) is 145 cm³/mol. The molecule has 1 rings (SSSR count). The molecule has 0 bridgehead atoms. The average molecular weight is 507 g/mol. The molecule has 0 amide bonds. The summed E-state index contributed by atoms with van der Waals surface area (Å²) in [4.78, 5) is 24.0. The molecule has 0 aliphatic carbocycles. The Labute approximate surface area is 219 Å². The largest absolute Gasteiger partial charge is 0.493 e. The second-order valence-corrected chi connectivity index (χ2v) is 13.0. The zero-order valence-electron chi connectivity index (χ0n) is 24.8. The van der Waals surface area contributed by atoms with Crippen LogP contribution < -0.4 is 9.47 Å². The topological polar surface area (TPSA) is 71.1 Å². The lowest BCUT2D eigenvalue weighted by atomic mass is 9.79. The van der Waals surface area contributed by atoms with Gasteiger partial charge in [0.25, 0.3) is 0 Å². The normalized spacial score (nSPS) is 12.8. The van der Waals surface area contributed by atoms with E-state index in [9.17, 15) is 9.59 Å². The number of methoxy groups -OCH3 is 2. The molecule has 6 heteroatoms. The molecule has 1 aromatic carbocycles. The summed E-state index contributed by atoms with van der Waals surface area (Å²) in [6.45, 7) is 21.6. The van der Waals surface area contributed by atoms with Crippen LogP contribution in [0.5, 0.6) is 11.5 Å². The van der Waals surface area contributed by atoms with Gasteiger partial charge in [-0.25, -0.2) is 0 Å². The highest BCUT2D eigenvalue weighted by molar-refractivity contribution is 5.76. The third kappa shape index (κ3) is 9.01. The third-order valence-corrected chi connectivity index (χ3v) is 6.58. The minimum Gasteiger partial charge on any atom is -0.493 e. The fraction of sp³-hybridized carbons (Fsp3) is 0.733. The Bertz CT molecular complexity index is 815. The molecule has 0 heterocycles. The van der Waals surface area contributed by atoms with Gasteiger partial charge in [0, 0.05) is 17.2 Å². The fourth-order valence-electron chi connectivity index (χ4n) is 4.12. The summed E-state index contributed by atoms with van der Waals surface area (Å²) in [6, 6.07) is 4.22. The maximum Gasteiger partial charge on any atom is 0.311 e. The molecule has 0 aromatic heterocycles. The van der Waals surface area contributed by atoms with Crippen molar-refractivity contribution in [2.45, 2.75) is 106 Å². The van der Waals surface area contributed by atoms with Crippen LogP contribution in [-0.2, 0) is 29.9 Å². The highest BCUT2D eigenvalue weighted by atomic mass is 16.5. The highest BCUT2D eigenvalue weighted by Crippen LogP contribution is 2.41. The molecule has 0 unspecified atom stereocenters. The second kappa shape index (κ2) is 12.3. The van der Waals surface area contributed by atoms with Gasteiger partial charge in [-0.15, -0.1) is 0 Å². The number of carbonyl (C=O) groups is 2.